The predicted octanol–water partition coefficient (Wildman–Crippen LogP) is 5.56. The van der Waals surface area contributed by atoms with E-state index in [1.807, 2.05) is 0 Å². The van der Waals surface area contributed by atoms with Crippen molar-refractivity contribution in [1.29, 1.82) is 0 Å². The van der Waals surface area contributed by atoms with Gasteiger partial charge in [-0.1, -0.05) is 18.2 Å². The summed E-state index contributed by atoms with van der Waals surface area (Å²) >= 11 is 0. The minimum Gasteiger partial charge on any atom is -0.275 e. The van der Waals surface area contributed by atoms with Gasteiger partial charge >= 0.3 is 6.18 Å². The lowest BCUT2D eigenvalue weighted by Gasteiger charge is -2.12. The molecule has 0 aliphatic rings. The number of aromatic nitrogens is 4. The van der Waals surface area contributed by atoms with Crippen LogP contribution in [0, 0.1) is 10.1 Å². The zero-order valence-electron chi connectivity index (χ0n) is 16.1. The van der Waals surface area contributed by atoms with Crippen LogP contribution in [0.2, 0.25) is 0 Å². The summed E-state index contributed by atoms with van der Waals surface area (Å²) < 4.78 is 41.6. The molecule has 0 saturated carbocycles. The molecule has 2 aromatic heterocycles. The number of imidazole rings is 1. The van der Waals surface area contributed by atoms with Gasteiger partial charge in [0.05, 0.1) is 21.5 Å². The molecule has 0 aliphatic heterocycles. The van der Waals surface area contributed by atoms with Gasteiger partial charge in [-0.3, -0.25) is 14.7 Å². The second-order valence-electron chi connectivity index (χ2n) is 6.98. The van der Waals surface area contributed by atoms with Crippen LogP contribution < -0.4 is 0 Å². The molecule has 2 heterocycles. The molecule has 5 rings (SSSR count). The molecule has 0 radical (unpaired) electrons. The summed E-state index contributed by atoms with van der Waals surface area (Å²) in [5.74, 6) is 0.268. The number of hydrogen-bond donors (Lipinski definition) is 0. The molecule has 0 atom stereocenters. The third kappa shape index (κ3) is 3.31. The van der Waals surface area contributed by atoms with Gasteiger partial charge in [0, 0.05) is 23.4 Å². The average molecular weight is 435 g/mol. The van der Waals surface area contributed by atoms with Gasteiger partial charge in [-0.15, -0.1) is 0 Å². The van der Waals surface area contributed by atoms with Crippen molar-refractivity contribution in [3.8, 4) is 17.1 Å². The average Bonchev–Trinajstić information content (AvgIpc) is 3.15. The van der Waals surface area contributed by atoms with E-state index in [0.29, 0.717) is 16.6 Å². The summed E-state index contributed by atoms with van der Waals surface area (Å²) in [6, 6.07) is 17.5. The highest BCUT2D eigenvalue weighted by molar-refractivity contribution is 5.86. The number of nitrogens with zero attached hydrogens (tertiary/aromatic N) is 5. The van der Waals surface area contributed by atoms with Crippen LogP contribution in [0.1, 0.15) is 5.56 Å². The molecule has 0 amide bonds. The normalized spacial score (nSPS) is 11.8. The third-order valence-corrected chi connectivity index (χ3v) is 4.94. The zero-order chi connectivity index (χ0) is 22.5. The Hall–Kier alpha value is -4.34. The fourth-order valence-electron chi connectivity index (χ4n) is 3.45. The SMILES string of the molecule is O=[N+]([O-])c1ccc(-c2nc3nc4ccccc4nc3n2-c2cccc(C(F)(F)F)c2)cc1. The quantitative estimate of drug-likeness (QED) is 0.273. The number of nitro benzene ring substituents is 1. The number of alkyl halides is 3. The van der Waals surface area contributed by atoms with Gasteiger partial charge in [0.1, 0.15) is 5.82 Å². The van der Waals surface area contributed by atoms with Crippen molar-refractivity contribution in [2.45, 2.75) is 6.18 Å². The van der Waals surface area contributed by atoms with Crippen molar-refractivity contribution in [2.24, 2.45) is 0 Å². The van der Waals surface area contributed by atoms with Gasteiger partial charge in [0.25, 0.3) is 5.69 Å². The molecule has 0 fully saturated rings. The van der Waals surface area contributed by atoms with Crippen molar-refractivity contribution in [3.63, 3.8) is 0 Å². The van der Waals surface area contributed by atoms with E-state index in [1.54, 1.807) is 24.3 Å². The van der Waals surface area contributed by atoms with Crippen molar-refractivity contribution in [1.82, 2.24) is 19.5 Å². The first kappa shape index (κ1) is 19.6. The number of para-hydroxylation sites is 2. The Labute approximate surface area is 178 Å². The maximum Gasteiger partial charge on any atom is 0.416 e. The summed E-state index contributed by atoms with van der Waals surface area (Å²) in [7, 11) is 0. The second-order valence-corrected chi connectivity index (χ2v) is 6.98. The molecule has 10 heteroatoms. The van der Waals surface area contributed by atoms with Crippen LogP contribution in [-0.2, 0) is 6.18 Å². The molecule has 0 N–H and O–H groups in total. The van der Waals surface area contributed by atoms with Gasteiger partial charge in [-0.25, -0.2) is 15.0 Å². The summed E-state index contributed by atoms with van der Waals surface area (Å²) in [6.07, 6.45) is -4.53. The monoisotopic (exact) mass is 435 g/mol. The summed E-state index contributed by atoms with van der Waals surface area (Å²) in [5.41, 5.74) is 1.40. The van der Waals surface area contributed by atoms with E-state index < -0.39 is 16.7 Å². The largest absolute Gasteiger partial charge is 0.416 e. The molecule has 0 unspecified atom stereocenters. The van der Waals surface area contributed by atoms with E-state index in [9.17, 15) is 23.3 Å². The molecule has 0 spiro atoms. The van der Waals surface area contributed by atoms with Crippen LogP contribution in [0.5, 0.6) is 0 Å². The maximum absolute atomic E-state index is 13.4. The Morgan fingerprint density at radius 1 is 0.844 bits per heavy atom. The van der Waals surface area contributed by atoms with Crippen molar-refractivity contribution >= 4 is 28.0 Å². The first-order valence-corrected chi connectivity index (χ1v) is 9.39. The fourth-order valence-corrected chi connectivity index (χ4v) is 3.45. The standard InChI is InChI=1S/C22H12F3N5O2/c23-22(24,25)14-4-3-5-16(12-14)29-20(13-8-10-15(11-9-13)30(31)32)28-19-21(29)27-18-7-2-1-6-17(18)26-19/h1-12H. The summed E-state index contributed by atoms with van der Waals surface area (Å²) in [5, 5.41) is 11.0. The van der Waals surface area contributed by atoms with Crippen molar-refractivity contribution in [2.75, 3.05) is 0 Å². The number of nitro groups is 1. The minimum atomic E-state index is -4.53. The molecule has 0 aliphatic carbocycles. The highest BCUT2D eigenvalue weighted by Gasteiger charge is 2.31. The molecule has 3 aromatic carbocycles. The zero-order valence-corrected chi connectivity index (χ0v) is 16.1. The first-order chi connectivity index (χ1) is 15.3. The number of rotatable bonds is 3. The van der Waals surface area contributed by atoms with E-state index in [4.69, 9.17) is 0 Å². The van der Waals surface area contributed by atoms with Crippen LogP contribution in [0.15, 0.2) is 72.8 Å². The van der Waals surface area contributed by atoms with E-state index >= 15 is 0 Å². The minimum absolute atomic E-state index is 0.113. The fraction of sp³-hybridized carbons (Fsp3) is 0.0455. The molecule has 5 aromatic rings. The van der Waals surface area contributed by atoms with Gasteiger partial charge in [-0.2, -0.15) is 13.2 Å². The van der Waals surface area contributed by atoms with E-state index in [2.05, 4.69) is 15.0 Å². The Morgan fingerprint density at radius 2 is 1.53 bits per heavy atom. The van der Waals surface area contributed by atoms with Crippen molar-refractivity contribution in [3.05, 3.63) is 88.5 Å². The van der Waals surface area contributed by atoms with Crippen molar-refractivity contribution < 1.29 is 18.1 Å². The second kappa shape index (κ2) is 7.12. The van der Waals surface area contributed by atoms with E-state index in [-0.39, 0.29) is 28.5 Å². The van der Waals surface area contributed by atoms with Crippen LogP contribution in [0.25, 0.3) is 39.4 Å². The lowest BCUT2D eigenvalue weighted by molar-refractivity contribution is -0.384. The number of benzene rings is 3. The third-order valence-electron chi connectivity index (χ3n) is 4.94. The lowest BCUT2D eigenvalue weighted by atomic mass is 10.1. The lowest BCUT2D eigenvalue weighted by Crippen LogP contribution is -2.07. The topological polar surface area (TPSA) is 86.7 Å². The molecule has 32 heavy (non-hydrogen) atoms. The van der Waals surface area contributed by atoms with Crippen LogP contribution in [0.3, 0.4) is 0 Å². The Bertz CT molecular complexity index is 1490. The first-order valence-electron chi connectivity index (χ1n) is 9.39. The summed E-state index contributed by atoms with van der Waals surface area (Å²) in [4.78, 5) is 24.1. The number of non-ortho nitro benzene ring substituents is 1. The summed E-state index contributed by atoms with van der Waals surface area (Å²) in [6.45, 7) is 0. The highest BCUT2D eigenvalue weighted by atomic mass is 19.4. The number of fused-ring (bicyclic) bond motifs is 2. The van der Waals surface area contributed by atoms with Crippen LogP contribution in [-0.4, -0.2) is 24.4 Å². The van der Waals surface area contributed by atoms with Gasteiger partial charge in [0.15, 0.2) is 11.3 Å². The Kier molecular flexibility index (Phi) is 4.36. The highest BCUT2D eigenvalue weighted by Crippen LogP contribution is 2.33. The van der Waals surface area contributed by atoms with Crippen LogP contribution >= 0.6 is 0 Å². The maximum atomic E-state index is 13.4. The van der Waals surface area contributed by atoms with E-state index in [0.717, 1.165) is 12.1 Å². The molecule has 158 valence electrons. The molecular formula is C22H12F3N5O2. The molecule has 7 nitrogen and oxygen atoms in total. The Morgan fingerprint density at radius 3 is 2.19 bits per heavy atom. The smallest absolute Gasteiger partial charge is 0.275 e. The van der Waals surface area contributed by atoms with Gasteiger partial charge < -0.3 is 0 Å². The predicted molar refractivity (Wildman–Crippen MR) is 111 cm³/mol. The molecule has 0 bridgehead atoms. The number of hydrogen-bond acceptors (Lipinski definition) is 5. The van der Waals surface area contributed by atoms with Gasteiger partial charge in [-0.05, 0) is 42.5 Å². The van der Waals surface area contributed by atoms with Crippen LogP contribution in [0.4, 0.5) is 18.9 Å². The molecule has 0 saturated heterocycles. The van der Waals surface area contributed by atoms with E-state index in [1.165, 1.54) is 41.0 Å². The number of halogens is 3. The van der Waals surface area contributed by atoms with Gasteiger partial charge in [0.2, 0.25) is 0 Å². The Balaban J connectivity index is 1.81. The molecular weight excluding hydrogens is 423 g/mol.